The molecule has 3 heterocycles. The monoisotopic (exact) mass is 507 g/mol. The van der Waals surface area contributed by atoms with Crippen LogP contribution in [0.25, 0.3) is 11.3 Å². The lowest BCUT2D eigenvalue weighted by atomic mass is 10.1. The number of morpholine rings is 1. The van der Waals surface area contributed by atoms with Crippen LogP contribution in [-0.4, -0.2) is 68.2 Å². The number of sulfonamides is 1. The second-order valence-electron chi connectivity index (χ2n) is 8.90. The molecule has 2 fully saturated rings. The zero-order chi connectivity index (χ0) is 25.0. The van der Waals surface area contributed by atoms with Crippen LogP contribution in [0.4, 0.5) is 11.5 Å². The molecule has 1 N–H and O–H groups in total. The summed E-state index contributed by atoms with van der Waals surface area (Å²) in [5.41, 5.74) is 2.53. The Bertz CT molecular complexity index is 1300. The molecular weight excluding hydrogens is 478 g/mol. The SMILES string of the molecule is O=C(Nc1cccc(-c2ccc(N3CCOCC3)nn2)c1)c1ccc(S(=O)(=O)N2CCCCC2)cc1. The van der Waals surface area contributed by atoms with Crippen molar-refractivity contribution in [1.29, 1.82) is 0 Å². The number of anilines is 2. The average molecular weight is 508 g/mol. The molecule has 188 valence electrons. The lowest BCUT2D eigenvalue weighted by molar-refractivity contribution is 0.102. The van der Waals surface area contributed by atoms with Crippen molar-refractivity contribution in [2.45, 2.75) is 24.2 Å². The maximum Gasteiger partial charge on any atom is 0.255 e. The topological polar surface area (TPSA) is 105 Å². The van der Waals surface area contributed by atoms with Crippen molar-refractivity contribution in [2.24, 2.45) is 0 Å². The number of hydrogen-bond acceptors (Lipinski definition) is 7. The summed E-state index contributed by atoms with van der Waals surface area (Å²) in [7, 11) is -3.53. The van der Waals surface area contributed by atoms with Crippen molar-refractivity contribution in [2.75, 3.05) is 49.6 Å². The normalized spacial score (nSPS) is 17.1. The quantitative estimate of drug-likeness (QED) is 0.545. The fourth-order valence-electron chi connectivity index (χ4n) is 4.43. The third-order valence-corrected chi connectivity index (χ3v) is 8.38. The second kappa shape index (κ2) is 10.7. The number of nitrogens with zero attached hydrogens (tertiary/aromatic N) is 4. The van der Waals surface area contributed by atoms with E-state index < -0.39 is 10.0 Å². The standard InChI is InChI=1S/C26H29N5O4S/c32-26(20-7-9-23(10-8-20)36(33,34)31-13-2-1-3-14-31)27-22-6-4-5-21(19-22)24-11-12-25(29-28-24)30-15-17-35-18-16-30/h4-12,19H,1-3,13-18H2,(H,27,32). The molecule has 2 saturated heterocycles. The summed E-state index contributed by atoms with van der Waals surface area (Å²) in [6.45, 7) is 4.04. The number of rotatable bonds is 6. The van der Waals surface area contributed by atoms with E-state index in [0.717, 1.165) is 43.7 Å². The van der Waals surface area contributed by atoms with E-state index in [1.165, 1.54) is 16.4 Å². The van der Waals surface area contributed by atoms with E-state index in [9.17, 15) is 13.2 Å². The molecule has 0 atom stereocenters. The summed E-state index contributed by atoms with van der Waals surface area (Å²) in [4.78, 5) is 15.2. The van der Waals surface area contributed by atoms with Crippen LogP contribution < -0.4 is 10.2 Å². The molecule has 0 unspecified atom stereocenters. The van der Waals surface area contributed by atoms with Crippen LogP contribution in [0, 0.1) is 0 Å². The Labute approximate surface area is 211 Å². The number of piperidine rings is 1. The van der Waals surface area contributed by atoms with Gasteiger partial charge in [-0.3, -0.25) is 4.79 Å². The summed E-state index contributed by atoms with van der Waals surface area (Å²) in [5.74, 6) is 0.500. The molecule has 2 aliphatic heterocycles. The smallest absolute Gasteiger partial charge is 0.255 e. The molecule has 1 amide bonds. The van der Waals surface area contributed by atoms with Gasteiger partial charge in [0, 0.05) is 43.0 Å². The number of benzene rings is 2. The highest BCUT2D eigenvalue weighted by atomic mass is 32.2. The van der Waals surface area contributed by atoms with Gasteiger partial charge in [0.15, 0.2) is 5.82 Å². The van der Waals surface area contributed by atoms with Gasteiger partial charge in [-0.2, -0.15) is 4.31 Å². The minimum atomic E-state index is -3.53. The molecule has 1 aromatic heterocycles. The third kappa shape index (κ3) is 5.40. The summed E-state index contributed by atoms with van der Waals surface area (Å²) in [6, 6.07) is 17.3. The molecule has 0 bridgehead atoms. The molecule has 0 radical (unpaired) electrons. The van der Waals surface area contributed by atoms with Crippen molar-refractivity contribution in [3.63, 3.8) is 0 Å². The molecule has 2 aliphatic rings. The molecule has 2 aromatic carbocycles. The summed E-state index contributed by atoms with van der Waals surface area (Å²) >= 11 is 0. The molecule has 0 saturated carbocycles. The fraction of sp³-hybridized carbons (Fsp3) is 0.346. The molecule has 3 aromatic rings. The predicted octanol–water partition coefficient (Wildman–Crippen LogP) is 3.41. The van der Waals surface area contributed by atoms with Crippen molar-refractivity contribution >= 4 is 27.4 Å². The zero-order valence-electron chi connectivity index (χ0n) is 20.0. The minimum Gasteiger partial charge on any atom is -0.378 e. The maximum absolute atomic E-state index is 12.8. The second-order valence-corrected chi connectivity index (χ2v) is 10.8. The first-order valence-electron chi connectivity index (χ1n) is 12.2. The first-order valence-corrected chi connectivity index (χ1v) is 13.6. The molecular formula is C26H29N5O4S. The third-order valence-electron chi connectivity index (χ3n) is 6.47. The van der Waals surface area contributed by atoms with E-state index in [2.05, 4.69) is 20.4 Å². The average Bonchev–Trinajstić information content (AvgIpc) is 2.94. The minimum absolute atomic E-state index is 0.210. The number of nitrogens with one attached hydrogen (secondary N) is 1. The van der Waals surface area contributed by atoms with Gasteiger partial charge in [-0.25, -0.2) is 8.42 Å². The molecule has 5 rings (SSSR count). The van der Waals surface area contributed by atoms with Gasteiger partial charge in [0.25, 0.3) is 5.91 Å². The van der Waals surface area contributed by atoms with Crippen LogP contribution in [0.1, 0.15) is 29.6 Å². The number of carbonyl (C=O) groups excluding carboxylic acids is 1. The summed E-state index contributed by atoms with van der Waals surface area (Å²) in [6.07, 6.45) is 2.81. The van der Waals surface area contributed by atoms with Gasteiger partial charge in [-0.15, -0.1) is 10.2 Å². The molecule has 0 spiro atoms. The Morgan fingerprint density at radius 2 is 1.61 bits per heavy atom. The van der Waals surface area contributed by atoms with E-state index in [1.54, 1.807) is 18.2 Å². The Morgan fingerprint density at radius 3 is 2.31 bits per heavy atom. The number of aromatic nitrogens is 2. The number of ether oxygens (including phenoxy) is 1. The van der Waals surface area contributed by atoms with Crippen LogP contribution in [0.2, 0.25) is 0 Å². The highest BCUT2D eigenvalue weighted by Gasteiger charge is 2.26. The zero-order valence-corrected chi connectivity index (χ0v) is 20.8. The van der Waals surface area contributed by atoms with Crippen molar-refractivity contribution < 1.29 is 17.9 Å². The first kappa shape index (κ1) is 24.4. The Balaban J connectivity index is 1.26. The number of hydrogen-bond donors (Lipinski definition) is 1. The van der Waals surface area contributed by atoms with Gasteiger partial charge in [-0.1, -0.05) is 18.6 Å². The van der Waals surface area contributed by atoms with Gasteiger partial charge in [0.1, 0.15) is 0 Å². The van der Waals surface area contributed by atoms with Gasteiger partial charge in [0.05, 0.1) is 23.8 Å². The van der Waals surface area contributed by atoms with Crippen molar-refractivity contribution in [1.82, 2.24) is 14.5 Å². The van der Waals surface area contributed by atoms with E-state index >= 15 is 0 Å². The predicted molar refractivity (Wildman–Crippen MR) is 138 cm³/mol. The highest BCUT2D eigenvalue weighted by Crippen LogP contribution is 2.24. The lowest BCUT2D eigenvalue weighted by Gasteiger charge is -2.27. The van der Waals surface area contributed by atoms with Crippen LogP contribution >= 0.6 is 0 Å². The van der Waals surface area contributed by atoms with Crippen molar-refractivity contribution in [3.05, 3.63) is 66.2 Å². The summed E-state index contributed by atoms with van der Waals surface area (Å²) in [5, 5.41) is 11.6. The first-order chi connectivity index (χ1) is 17.5. The molecule has 10 heteroatoms. The Morgan fingerprint density at radius 1 is 0.861 bits per heavy atom. The van der Waals surface area contributed by atoms with E-state index in [-0.39, 0.29) is 10.8 Å². The lowest BCUT2D eigenvalue weighted by Crippen LogP contribution is -2.36. The van der Waals surface area contributed by atoms with Gasteiger partial charge >= 0.3 is 0 Å². The van der Waals surface area contributed by atoms with Gasteiger partial charge in [-0.05, 0) is 61.4 Å². The van der Waals surface area contributed by atoms with Crippen LogP contribution in [0.15, 0.2) is 65.6 Å². The fourth-order valence-corrected chi connectivity index (χ4v) is 5.95. The van der Waals surface area contributed by atoms with E-state index in [0.29, 0.717) is 43.2 Å². The Kier molecular flexibility index (Phi) is 7.26. The van der Waals surface area contributed by atoms with Crippen LogP contribution in [-0.2, 0) is 14.8 Å². The maximum atomic E-state index is 12.8. The van der Waals surface area contributed by atoms with Gasteiger partial charge in [0.2, 0.25) is 10.0 Å². The molecule has 0 aliphatic carbocycles. The van der Waals surface area contributed by atoms with Crippen molar-refractivity contribution in [3.8, 4) is 11.3 Å². The van der Waals surface area contributed by atoms with E-state index in [4.69, 9.17) is 4.74 Å². The highest BCUT2D eigenvalue weighted by molar-refractivity contribution is 7.89. The van der Waals surface area contributed by atoms with E-state index in [1.807, 2.05) is 30.3 Å². The van der Waals surface area contributed by atoms with Gasteiger partial charge < -0.3 is 15.0 Å². The van der Waals surface area contributed by atoms with Crippen LogP contribution in [0.3, 0.4) is 0 Å². The van der Waals surface area contributed by atoms with Crippen LogP contribution in [0.5, 0.6) is 0 Å². The molecule has 36 heavy (non-hydrogen) atoms. The summed E-state index contributed by atoms with van der Waals surface area (Å²) < 4.78 is 32.6. The Hall–Kier alpha value is -3.34. The largest absolute Gasteiger partial charge is 0.378 e. The molecule has 9 nitrogen and oxygen atoms in total. The number of carbonyl (C=O) groups is 1. The number of amides is 1.